The molecule has 1 aliphatic rings. The zero-order chi connectivity index (χ0) is 22.1. The maximum absolute atomic E-state index is 12.1. The molecule has 9 heteroatoms. The number of phenols is 1. The Balaban J connectivity index is 0.00000363. The first-order valence-electron chi connectivity index (χ1n) is 10.9. The first kappa shape index (κ1) is 25.7. The van der Waals surface area contributed by atoms with Gasteiger partial charge in [-0.15, -0.1) is 24.0 Å². The fraction of sp³-hybridized carbons (Fsp3) is 0.435. The Morgan fingerprint density at radius 1 is 1.16 bits per heavy atom. The fourth-order valence-corrected chi connectivity index (χ4v) is 3.52. The summed E-state index contributed by atoms with van der Waals surface area (Å²) in [6.07, 6.45) is 2.02. The van der Waals surface area contributed by atoms with Crippen LogP contribution in [0.4, 0.5) is 5.82 Å². The molecular formula is C23H33IN6O2. The van der Waals surface area contributed by atoms with Crippen LogP contribution in [0.2, 0.25) is 0 Å². The molecule has 0 unspecified atom stereocenters. The number of rotatable bonds is 7. The maximum Gasteiger partial charge on any atom is 0.251 e. The third-order valence-electron chi connectivity index (χ3n) is 5.17. The Bertz CT molecular complexity index is 882. The SMILES string of the molecule is CCNC(=NCCNC(=O)c1ccc(O)cc1)NC1CCN(c2cccc(C)n2)CC1.I. The summed E-state index contributed by atoms with van der Waals surface area (Å²) in [6.45, 7) is 7.66. The van der Waals surface area contributed by atoms with Crippen LogP contribution >= 0.6 is 24.0 Å². The highest BCUT2D eigenvalue weighted by Crippen LogP contribution is 2.18. The molecule has 1 aromatic heterocycles. The highest BCUT2D eigenvalue weighted by molar-refractivity contribution is 14.0. The summed E-state index contributed by atoms with van der Waals surface area (Å²) >= 11 is 0. The predicted octanol–water partition coefficient (Wildman–Crippen LogP) is 2.67. The fourth-order valence-electron chi connectivity index (χ4n) is 3.52. The molecule has 0 saturated carbocycles. The predicted molar refractivity (Wildman–Crippen MR) is 139 cm³/mol. The van der Waals surface area contributed by atoms with Gasteiger partial charge in [0.05, 0.1) is 6.54 Å². The maximum atomic E-state index is 12.1. The van der Waals surface area contributed by atoms with E-state index in [1.54, 1.807) is 12.1 Å². The molecule has 0 atom stereocenters. The van der Waals surface area contributed by atoms with E-state index < -0.39 is 0 Å². The van der Waals surface area contributed by atoms with Crippen LogP contribution in [-0.4, -0.2) is 60.7 Å². The van der Waals surface area contributed by atoms with Crippen molar-refractivity contribution in [3.8, 4) is 5.75 Å². The lowest BCUT2D eigenvalue weighted by Gasteiger charge is -2.34. The number of aromatic hydroxyl groups is 1. The molecule has 2 heterocycles. The molecular weight excluding hydrogens is 519 g/mol. The standard InChI is InChI=1S/C23H32N6O2.HI/c1-3-24-23(26-14-13-25-22(31)18-7-9-20(30)10-8-18)28-19-11-15-29(16-12-19)21-6-4-5-17(2)27-21;/h4-10,19,30H,3,11-16H2,1-2H3,(H,25,31)(H2,24,26,28);1H. The normalized spacial score (nSPS) is 14.4. The molecule has 0 spiro atoms. The van der Waals surface area contributed by atoms with Gasteiger partial charge in [-0.3, -0.25) is 9.79 Å². The number of carbonyl (C=O) groups excluding carboxylic acids is 1. The van der Waals surface area contributed by atoms with Crippen LogP contribution in [0.25, 0.3) is 0 Å². The molecule has 1 saturated heterocycles. The van der Waals surface area contributed by atoms with E-state index in [0.717, 1.165) is 49.9 Å². The second-order valence-corrected chi connectivity index (χ2v) is 7.61. The van der Waals surface area contributed by atoms with Crippen LogP contribution < -0.4 is 20.9 Å². The van der Waals surface area contributed by atoms with Crippen LogP contribution in [0.15, 0.2) is 47.5 Å². The van der Waals surface area contributed by atoms with Crippen molar-refractivity contribution in [1.82, 2.24) is 20.9 Å². The summed E-state index contributed by atoms with van der Waals surface area (Å²) in [6, 6.07) is 12.7. The lowest BCUT2D eigenvalue weighted by Crippen LogP contribution is -2.49. The number of hydrogen-bond acceptors (Lipinski definition) is 5. The molecule has 1 fully saturated rings. The molecule has 0 bridgehead atoms. The second kappa shape index (κ2) is 13.1. The van der Waals surface area contributed by atoms with Gasteiger partial charge in [-0.2, -0.15) is 0 Å². The van der Waals surface area contributed by atoms with Crippen LogP contribution in [0.1, 0.15) is 35.8 Å². The van der Waals surface area contributed by atoms with E-state index in [1.165, 1.54) is 12.1 Å². The molecule has 32 heavy (non-hydrogen) atoms. The molecule has 1 aromatic carbocycles. The Hall–Kier alpha value is -2.56. The van der Waals surface area contributed by atoms with Gasteiger partial charge in [0.25, 0.3) is 5.91 Å². The average molecular weight is 552 g/mol. The molecule has 3 rings (SSSR count). The van der Waals surface area contributed by atoms with Crippen molar-refractivity contribution in [2.45, 2.75) is 32.7 Å². The third-order valence-corrected chi connectivity index (χ3v) is 5.17. The third kappa shape index (κ3) is 7.85. The quantitative estimate of drug-likeness (QED) is 0.183. The van der Waals surface area contributed by atoms with E-state index in [-0.39, 0.29) is 35.6 Å². The largest absolute Gasteiger partial charge is 0.508 e. The Labute approximate surface area is 206 Å². The van der Waals surface area contributed by atoms with E-state index in [2.05, 4.69) is 43.0 Å². The van der Waals surface area contributed by atoms with Crippen molar-refractivity contribution in [2.75, 3.05) is 37.6 Å². The topological polar surface area (TPSA) is 102 Å². The number of guanidine groups is 1. The summed E-state index contributed by atoms with van der Waals surface area (Å²) in [5, 5.41) is 19.0. The highest BCUT2D eigenvalue weighted by atomic mass is 127. The van der Waals surface area contributed by atoms with Crippen molar-refractivity contribution in [3.63, 3.8) is 0 Å². The number of nitrogens with one attached hydrogen (secondary N) is 3. The molecule has 1 aliphatic heterocycles. The Morgan fingerprint density at radius 2 is 1.88 bits per heavy atom. The van der Waals surface area contributed by atoms with E-state index in [9.17, 15) is 9.90 Å². The monoisotopic (exact) mass is 552 g/mol. The number of carbonyl (C=O) groups is 1. The number of amides is 1. The number of aliphatic imine (C=N–C) groups is 1. The first-order chi connectivity index (χ1) is 15.0. The van der Waals surface area contributed by atoms with Gasteiger partial charge < -0.3 is 26.0 Å². The van der Waals surface area contributed by atoms with Gasteiger partial charge in [0, 0.05) is 43.5 Å². The zero-order valence-corrected chi connectivity index (χ0v) is 21.0. The number of anilines is 1. The smallest absolute Gasteiger partial charge is 0.251 e. The summed E-state index contributed by atoms with van der Waals surface area (Å²) < 4.78 is 0. The van der Waals surface area contributed by atoms with Crippen LogP contribution in [-0.2, 0) is 0 Å². The van der Waals surface area contributed by atoms with Gasteiger partial charge in [0.2, 0.25) is 0 Å². The van der Waals surface area contributed by atoms with Crippen LogP contribution in [0, 0.1) is 6.92 Å². The highest BCUT2D eigenvalue weighted by Gasteiger charge is 2.21. The lowest BCUT2D eigenvalue weighted by atomic mass is 10.1. The minimum absolute atomic E-state index is 0. The number of nitrogens with zero attached hydrogens (tertiary/aromatic N) is 3. The van der Waals surface area contributed by atoms with Crippen LogP contribution in [0.3, 0.4) is 0 Å². The minimum atomic E-state index is -0.176. The van der Waals surface area contributed by atoms with E-state index in [4.69, 9.17) is 0 Å². The number of piperidine rings is 1. The molecule has 0 aliphatic carbocycles. The van der Waals surface area contributed by atoms with E-state index >= 15 is 0 Å². The van der Waals surface area contributed by atoms with E-state index in [1.807, 2.05) is 19.9 Å². The molecule has 0 radical (unpaired) electrons. The molecule has 174 valence electrons. The second-order valence-electron chi connectivity index (χ2n) is 7.61. The number of halogens is 1. The number of aromatic nitrogens is 1. The zero-order valence-electron chi connectivity index (χ0n) is 18.7. The Kier molecular flexibility index (Phi) is 10.5. The van der Waals surface area contributed by atoms with E-state index in [0.29, 0.717) is 24.7 Å². The van der Waals surface area contributed by atoms with Gasteiger partial charge in [0.15, 0.2) is 5.96 Å². The minimum Gasteiger partial charge on any atom is -0.508 e. The van der Waals surface area contributed by atoms with Gasteiger partial charge in [-0.1, -0.05) is 6.07 Å². The number of benzene rings is 1. The summed E-state index contributed by atoms with van der Waals surface area (Å²) in [5.74, 6) is 1.78. The average Bonchev–Trinajstić information content (AvgIpc) is 2.77. The van der Waals surface area contributed by atoms with Crippen molar-refractivity contribution in [3.05, 3.63) is 53.7 Å². The van der Waals surface area contributed by atoms with Crippen molar-refractivity contribution < 1.29 is 9.90 Å². The Morgan fingerprint density at radius 3 is 2.53 bits per heavy atom. The number of pyridine rings is 1. The molecule has 2 aromatic rings. The summed E-state index contributed by atoms with van der Waals surface area (Å²) in [4.78, 5) is 23.7. The van der Waals surface area contributed by atoms with Gasteiger partial charge in [-0.05, 0) is 63.1 Å². The number of hydrogen-bond donors (Lipinski definition) is 4. The number of aryl methyl sites for hydroxylation is 1. The molecule has 8 nitrogen and oxygen atoms in total. The van der Waals surface area contributed by atoms with Crippen molar-refractivity contribution >= 4 is 41.7 Å². The molecule has 1 amide bonds. The molecule has 4 N–H and O–H groups in total. The van der Waals surface area contributed by atoms with Gasteiger partial charge in [0.1, 0.15) is 11.6 Å². The van der Waals surface area contributed by atoms with Crippen LogP contribution in [0.5, 0.6) is 5.75 Å². The van der Waals surface area contributed by atoms with Crippen molar-refractivity contribution in [2.24, 2.45) is 4.99 Å². The van der Waals surface area contributed by atoms with Gasteiger partial charge >= 0.3 is 0 Å². The van der Waals surface area contributed by atoms with Gasteiger partial charge in [-0.25, -0.2) is 4.98 Å². The van der Waals surface area contributed by atoms with Crippen molar-refractivity contribution in [1.29, 1.82) is 0 Å². The lowest BCUT2D eigenvalue weighted by molar-refractivity contribution is 0.0955. The summed E-state index contributed by atoms with van der Waals surface area (Å²) in [7, 11) is 0. The summed E-state index contributed by atoms with van der Waals surface area (Å²) in [5.41, 5.74) is 1.55. The first-order valence-corrected chi connectivity index (χ1v) is 10.9. The number of phenolic OH excluding ortho intramolecular Hbond substituents is 1.